The number of rotatable bonds is 4. The first-order chi connectivity index (χ1) is 10.4. The van der Waals surface area contributed by atoms with Crippen molar-refractivity contribution in [3.05, 3.63) is 33.8 Å². The van der Waals surface area contributed by atoms with Crippen LogP contribution in [0, 0.1) is 5.92 Å². The Labute approximate surface area is 132 Å². The number of sulfonamides is 1. The van der Waals surface area contributed by atoms with E-state index in [0.29, 0.717) is 31.3 Å². The minimum atomic E-state index is -3.10. The molecular formula is C13H18N4O3S2. The zero-order valence-electron chi connectivity index (χ0n) is 12.2. The molecule has 1 aliphatic heterocycles. The lowest BCUT2D eigenvalue weighted by Crippen LogP contribution is -2.38. The second kappa shape index (κ2) is 5.98. The summed E-state index contributed by atoms with van der Waals surface area (Å²) in [6, 6.07) is 3.78. The molecule has 3 heterocycles. The molecule has 0 unspecified atom stereocenters. The lowest BCUT2D eigenvalue weighted by molar-refractivity contribution is 0.271. The van der Waals surface area contributed by atoms with Gasteiger partial charge in [0, 0.05) is 19.5 Å². The second-order valence-corrected chi connectivity index (χ2v) is 8.45. The monoisotopic (exact) mass is 342 g/mol. The SMILES string of the molecule is CS(=O)(=O)N1CCC(Cc2n[nH]c(=O)n2-c2cccs2)CC1. The van der Waals surface area contributed by atoms with Gasteiger partial charge in [0.15, 0.2) is 0 Å². The van der Waals surface area contributed by atoms with Crippen LogP contribution >= 0.6 is 11.3 Å². The highest BCUT2D eigenvalue weighted by Crippen LogP contribution is 2.23. The number of hydrogen-bond acceptors (Lipinski definition) is 5. The maximum atomic E-state index is 11.9. The Balaban J connectivity index is 1.72. The molecule has 7 nitrogen and oxygen atoms in total. The average molecular weight is 342 g/mol. The molecule has 0 radical (unpaired) electrons. The Morgan fingerprint density at radius 1 is 1.41 bits per heavy atom. The quantitative estimate of drug-likeness (QED) is 0.892. The van der Waals surface area contributed by atoms with Crippen LogP contribution < -0.4 is 5.69 Å². The van der Waals surface area contributed by atoms with Crippen molar-refractivity contribution in [1.29, 1.82) is 0 Å². The summed E-state index contributed by atoms with van der Waals surface area (Å²) in [6.45, 7) is 1.08. The molecule has 0 aliphatic carbocycles. The van der Waals surface area contributed by atoms with Crippen LogP contribution in [0.15, 0.2) is 22.3 Å². The predicted octanol–water partition coefficient (Wildman–Crippen LogP) is 0.836. The van der Waals surface area contributed by atoms with Crippen LogP contribution in [0.4, 0.5) is 0 Å². The molecule has 2 aromatic heterocycles. The van der Waals surface area contributed by atoms with E-state index in [2.05, 4.69) is 10.2 Å². The number of H-pyrrole nitrogens is 1. The van der Waals surface area contributed by atoms with Crippen molar-refractivity contribution in [2.45, 2.75) is 19.3 Å². The number of nitrogens with zero attached hydrogens (tertiary/aromatic N) is 3. The minimum Gasteiger partial charge on any atom is -0.246 e. The van der Waals surface area contributed by atoms with Crippen LogP contribution in [0.25, 0.3) is 5.00 Å². The van der Waals surface area contributed by atoms with Crippen molar-refractivity contribution < 1.29 is 8.42 Å². The maximum absolute atomic E-state index is 11.9. The molecule has 2 aromatic rings. The molecule has 1 N–H and O–H groups in total. The summed E-state index contributed by atoms with van der Waals surface area (Å²) in [5.41, 5.74) is -0.231. The largest absolute Gasteiger partial charge is 0.348 e. The van der Waals surface area contributed by atoms with Crippen molar-refractivity contribution in [1.82, 2.24) is 19.1 Å². The maximum Gasteiger partial charge on any atom is 0.348 e. The molecule has 0 aromatic carbocycles. The lowest BCUT2D eigenvalue weighted by atomic mass is 9.94. The highest BCUT2D eigenvalue weighted by atomic mass is 32.2. The van der Waals surface area contributed by atoms with Gasteiger partial charge in [-0.2, -0.15) is 5.10 Å². The van der Waals surface area contributed by atoms with E-state index in [0.717, 1.165) is 17.8 Å². The normalized spacial score (nSPS) is 17.9. The van der Waals surface area contributed by atoms with Gasteiger partial charge in [0.1, 0.15) is 10.8 Å². The van der Waals surface area contributed by atoms with E-state index in [1.807, 2.05) is 17.5 Å². The molecule has 120 valence electrons. The van der Waals surface area contributed by atoms with Crippen LogP contribution in [0.1, 0.15) is 18.7 Å². The van der Waals surface area contributed by atoms with Crippen molar-refractivity contribution in [2.75, 3.05) is 19.3 Å². The van der Waals surface area contributed by atoms with Crippen LogP contribution in [-0.2, 0) is 16.4 Å². The molecule has 0 saturated carbocycles. The number of aromatic amines is 1. The average Bonchev–Trinajstić information content (AvgIpc) is 3.08. The summed E-state index contributed by atoms with van der Waals surface area (Å²) in [6.07, 6.45) is 3.50. The topological polar surface area (TPSA) is 88.1 Å². The van der Waals surface area contributed by atoms with Crippen molar-refractivity contribution in [3.63, 3.8) is 0 Å². The Kier molecular flexibility index (Phi) is 4.20. The van der Waals surface area contributed by atoms with E-state index in [-0.39, 0.29) is 5.69 Å². The first kappa shape index (κ1) is 15.4. The van der Waals surface area contributed by atoms with Crippen LogP contribution in [0.3, 0.4) is 0 Å². The van der Waals surface area contributed by atoms with Gasteiger partial charge in [-0.3, -0.25) is 0 Å². The number of thiophene rings is 1. The lowest BCUT2D eigenvalue weighted by Gasteiger charge is -2.29. The summed E-state index contributed by atoms with van der Waals surface area (Å²) in [4.78, 5) is 11.9. The van der Waals surface area contributed by atoms with Gasteiger partial charge in [-0.15, -0.1) is 11.3 Å². The summed E-state index contributed by atoms with van der Waals surface area (Å²) in [5, 5.41) is 9.41. The van der Waals surface area contributed by atoms with Gasteiger partial charge in [-0.1, -0.05) is 0 Å². The van der Waals surface area contributed by atoms with E-state index in [4.69, 9.17) is 0 Å². The van der Waals surface area contributed by atoms with E-state index >= 15 is 0 Å². The molecule has 0 amide bonds. The van der Waals surface area contributed by atoms with Crippen LogP contribution in [0.2, 0.25) is 0 Å². The van der Waals surface area contributed by atoms with Gasteiger partial charge < -0.3 is 0 Å². The molecule has 22 heavy (non-hydrogen) atoms. The first-order valence-corrected chi connectivity index (χ1v) is 9.83. The number of aromatic nitrogens is 3. The molecular weight excluding hydrogens is 324 g/mol. The zero-order chi connectivity index (χ0) is 15.7. The summed E-state index contributed by atoms with van der Waals surface area (Å²) in [7, 11) is -3.10. The summed E-state index contributed by atoms with van der Waals surface area (Å²) in [5.74, 6) is 1.05. The molecule has 1 saturated heterocycles. The third-order valence-electron chi connectivity index (χ3n) is 3.98. The molecule has 0 atom stereocenters. The highest BCUT2D eigenvalue weighted by molar-refractivity contribution is 7.88. The molecule has 0 bridgehead atoms. The van der Waals surface area contributed by atoms with Gasteiger partial charge in [0.05, 0.1) is 6.26 Å². The minimum absolute atomic E-state index is 0.231. The molecule has 1 fully saturated rings. The third-order valence-corrected chi connectivity index (χ3v) is 6.14. The third kappa shape index (κ3) is 3.16. The van der Waals surface area contributed by atoms with E-state index in [1.165, 1.54) is 21.9 Å². The van der Waals surface area contributed by atoms with Gasteiger partial charge in [-0.05, 0) is 36.3 Å². The fourth-order valence-corrected chi connectivity index (χ4v) is 4.42. The van der Waals surface area contributed by atoms with Gasteiger partial charge in [0.25, 0.3) is 0 Å². The van der Waals surface area contributed by atoms with Gasteiger partial charge >= 0.3 is 5.69 Å². The van der Waals surface area contributed by atoms with Crippen molar-refractivity contribution >= 4 is 21.4 Å². The fraction of sp³-hybridized carbons (Fsp3) is 0.538. The Morgan fingerprint density at radius 3 is 2.73 bits per heavy atom. The van der Waals surface area contributed by atoms with Crippen molar-refractivity contribution in [3.8, 4) is 5.00 Å². The zero-order valence-corrected chi connectivity index (χ0v) is 13.9. The standard InChI is InChI=1S/C13H18N4O3S2/c1-22(19,20)16-6-4-10(5-7-16)9-11-14-15-13(18)17(11)12-3-2-8-21-12/h2-3,8,10H,4-7,9H2,1H3,(H,15,18). The highest BCUT2D eigenvalue weighted by Gasteiger charge is 2.26. The molecule has 0 spiro atoms. The number of nitrogens with one attached hydrogen (secondary N) is 1. The van der Waals surface area contributed by atoms with E-state index in [1.54, 1.807) is 4.57 Å². The summed E-state index contributed by atoms with van der Waals surface area (Å²) >= 11 is 1.49. The van der Waals surface area contributed by atoms with Crippen molar-refractivity contribution in [2.24, 2.45) is 5.92 Å². The Hall–Kier alpha value is -1.45. The number of piperidine rings is 1. The van der Waals surface area contributed by atoms with Crippen LogP contribution in [0.5, 0.6) is 0 Å². The fourth-order valence-electron chi connectivity index (χ4n) is 2.79. The number of hydrogen-bond donors (Lipinski definition) is 1. The molecule has 1 aliphatic rings. The van der Waals surface area contributed by atoms with E-state index < -0.39 is 10.0 Å². The van der Waals surface area contributed by atoms with E-state index in [9.17, 15) is 13.2 Å². The Morgan fingerprint density at radius 2 is 2.14 bits per heavy atom. The first-order valence-electron chi connectivity index (χ1n) is 7.10. The smallest absolute Gasteiger partial charge is 0.246 e. The Bertz CT molecular complexity index is 784. The second-order valence-electron chi connectivity index (χ2n) is 5.54. The van der Waals surface area contributed by atoms with Crippen LogP contribution in [-0.4, -0.2) is 46.8 Å². The summed E-state index contributed by atoms with van der Waals surface area (Å²) < 4.78 is 26.2. The molecule has 9 heteroatoms. The predicted molar refractivity (Wildman–Crippen MR) is 84.9 cm³/mol. The van der Waals surface area contributed by atoms with Gasteiger partial charge in [0.2, 0.25) is 10.0 Å². The molecule has 3 rings (SSSR count). The van der Waals surface area contributed by atoms with Gasteiger partial charge in [-0.25, -0.2) is 27.2 Å².